The van der Waals surface area contributed by atoms with Crippen LogP contribution < -0.4 is 4.74 Å². The van der Waals surface area contributed by atoms with Gasteiger partial charge in [0.2, 0.25) is 0 Å². The summed E-state index contributed by atoms with van der Waals surface area (Å²) in [5.41, 5.74) is 7.25. The van der Waals surface area contributed by atoms with E-state index < -0.39 is 0 Å². The number of hydrogen-bond donors (Lipinski definition) is 0. The minimum Gasteiger partial charge on any atom is -0.492 e. The molecule has 0 saturated carbocycles. The van der Waals surface area contributed by atoms with Crippen molar-refractivity contribution in [1.82, 2.24) is 4.90 Å². The Kier molecular flexibility index (Phi) is 5.27. The molecule has 0 radical (unpaired) electrons. The summed E-state index contributed by atoms with van der Waals surface area (Å²) in [6.45, 7) is 5.69. The minimum absolute atomic E-state index is 0.741. The molecule has 0 atom stereocenters. The predicted octanol–water partition coefficient (Wildman–Crippen LogP) is 4.37. The minimum atomic E-state index is 0.741. The summed E-state index contributed by atoms with van der Waals surface area (Å²) < 4.78 is 6.08. The molecule has 0 N–H and O–H groups in total. The molecule has 2 aromatic rings. The molecule has 5 rings (SSSR count). The predicted molar refractivity (Wildman–Crippen MR) is 119 cm³/mol. The lowest BCUT2D eigenvalue weighted by atomic mass is 9.95. The molecule has 0 aliphatic carbocycles. The van der Waals surface area contributed by atoms with Gasteiger partial charge in [0, 0.05) is 23.9 Å². The normalized spacial score (nSPS) is 18.5. The van der Waals surface area contributed by atoms with Crippen LogP contribution in [-0.4, -0.2) is 49.6 Å². The lowest BCUT2D eigenvalue weighted by molar-refractivity contribution is 0.183. The summed E-state index contributed by atoms with van der Waals surface area (Å²) in [5, 5.41) is 0. The van der Waals surface area contributed by atoms with Gasteiger partial charge in [-0.1, -0.05) is 30.7 Å². The molecule has 3 aliphatic heterocycles. The van der Waals surface area contributed by atoms with Crippen LogP contribution in [-0.2, 0) is 6.54 Å². The van der Waals surface area contributed by atoms with E-state index >= 15 is 0 Å². The first-order valence-electron chi connectivity index (χ1n) is 10.7. The molecule has 0 bridgehead atoms. The highest BCUT2D eigenvalue weighted by molar-refractivity contribution is 6.15. The number of likely N-dealkylation sites (tertiary alicyclic amines) is 1. The second kappa shape index (κ2) is 8.34. The molecule has 1 fully saturated rings. The highest BCUT2D eigenvalue weighted by Gasteiger charge is 2.19. The first kappa shape index (κ1) is 18.3. The smallest absolute Gasteiger partial charge is 0.120 e. The third kappa shape index (κ3) is 4.03. The van der Waals surface area contributed by atoms with E-state index in [4.69, 9.17) is 9.73 Å². The molecule has 4 nitrogen and oxygen atoms in total. The van der Waals surface area contributed by atoms with E-state index in [2.05, 4.69) is 52.4 Å². The van der Waals surface area contributed by atoms with Crippen LogP contribution in [0.2, 0.25) is 0 Å². The molecule has 0 spiro atoms. The van der Waals surface area contributed by atoms with Gasteiger partial charge >= 0.3 is 0 Å². The van der Waals surface area contributed by atoms with E-state index in [0.29, 0.717) is 0 Å². The lowest BCUT2D eigenvalue weighted by Crippen LogP contribution is -2.33. The lowest BCUT2D eigenvalue weighted by Gasteiger charge is -2.26. The van der Waals surface area contributed by atoms with Crippen LogP contribution in [0, 0.1) is 0 Å². The first-order valence-corrected chi connectivity index (χ1v) is 10.7. The molecule has 0 unspecified atom stereocenters. The first-order chi connectivity index (χ1) is 14.4. The number of nitrogens with zero attached hydrogens (tertiary/aromatic N) is 3. The maximum atomic E-state index is 6.08. The van der Waals surface area contributed by atoms with Crippen molar-refractivity contribution in [3.63, 3.8) is 0 Å². The Morgan fingerprint density at radius 2 is 1.86 bits per heavy atom. The average Bonchev–Trinajstić information content (AvgIpc) is 3.44. The van der Waals surface area contributed by atoms with E-state index in [9.17, 15) is 0 Å². The molecule has 0 aromatic heterocycles. The van der Waals surface area contributed by atoms with Gasteiger partial charge in [0.15, 0.2) is 0 Å². The Bertz CT molecular complexity index is 983. The van der Waals surface area contributed by atoms with Crippen molar-refractivity contribution >= 4 is 17.5 Å². The zero-order valence-corrected chi connectivity index (χ0v) is 16.8. The van der Waals surface area contributed by atoms with E-state index in [-0.39, 0.29) is 0 Å². The van der Waals surface area contributed by atoms with Crippen molar-refractivity contribution in [3.05, 3.63) is 70.8 Å². The summed E-state index contributed by atoms with van der Waals surface area (Å²) in [6.07, 6.45) is 8.00. The SMILES string of the molecule is C1=NCC(c2ccc3c(c2)C(c2cccc(OCCN4CCCCC4)c2)=NC3)=C1. The molecule has 4 heteroatoms. The number of piperidine rings is 1. The van der Waals surface area contributed by atoms with Crippen LogP contribution >= 0.6 is 0 Å². The number of benzene rings is 2. The summed E-state index contributed by atoms with van der Waals surface area (Å²) in [4.78, 5) is 11.7. The van der Waals surface area contributed by atoms with Gasteiger partial charge in [0.25, 0.3) is 0 Å². The molecule has 148 valence electrons. The van der Waals surface area contributed by atoms with E-state index in [1.807, 2.05) is 12.3 Å². The second-order valence-corrected chi connectivity index (χ2v) is 8.00. The Balaban J connectivity index is 1.30. The number of aliphatic imine (C=N–C) groups is 2. The average molecular weight is 386 g/mol. The van der Waals surface area contributed by atoms with E-state index in [1.165, 1.54) is 54.6 Å². The van der Waals surface area contributed by atoms with Gasteiger partial charge in [-0.15, -0.1) is 0 Å². The summed E-state index contributed by atoms with van der Waals surface area (Å²) in [5.74, 6) is 0.929. The third-order valence-corrected chi connectivity index (χ3v) is 6.02. The number of ether oxygens (including phenoxy) is 1. The van der Waals surface area contributed by atoms with Crippen molar-refractivity contribution in [1.29, 1.82) is 0 Å². The standard InChI is InChI=1S/C25H27N3O/c1-2-11-28(12-3-1)13-14-29-23-6-4-5-20(15-23)25-24-16-19(21-9-10-26-17-21)7-8-22(24)18-27-25/h4-10,15-16H,1-3,11-14,17-18H2. The van der Waals surface area contributed by atoms with Crippen LogP contribution in [0.15, 0.2) is 58.5 Å². The van der Waals surface area contributed by atoms with Gasteiger partial charge in [-0.25, -0.2) is 0 Å². The number of fused-ring (bicyclic) bond motifs is 1. The van der Waals surface area contributed by atoms with Gasteiger partial charge < -0.3 is 4.74 Å². The van der Waals surface area contributed by atoms with Crippen molar-refractivity contribution in [2.24, 2.45) is 9.98 Å². The Morgan fingerprint density at radius 1 is 0.931 bits per heavy atom. The van der Waals surface area contributed by atoms with Crippen LogP contribution in [0.5, 0.6) is 5.75 Å². The quantitative estimate of drug-likeness (QED) is 0.740. The Labute approximate surface area is 172 Å². The highest BCUT2D eigenvalue weighted by atomic mass is 16.5. The number of hydrogen-bond acceptors (Lipinski definition) is 4. The molecule has 0 amide bonds. The van der Waals surface area contributed by atoms with Gasteiger partial charge in [0.1, 0.15) is 12.4 Å². The Morgan fingerprint density at radius 3 is 2.72 bits per heavy atom. The fourth-order valence-corrected chi connectivity index (χ4v) is 4.37. The van der Waals surface area contributed by atoms with Crippen LogP contribution in [0.1, 0.15) is 41.5 Å². The number of allylic oxidation sites excluding steroid dienone is 1. The van der Waals surface area contributed by atoms with Crippen LogP contribution in [0.25, 0.3) is 5.57 Å². The monoisotopic (exact) mass is 385 g/mol. The fourth-order valence-electron chi connectivity index (χ4n) is 4.37. The Hall–Kier alpha value is -2.72. The van der Waals surface area contributed by atoms with Crippen LogP contribution in [0.4, 0.5) is 0 Å². The van der Waals surface area contributed by atoms with Gasteiger partial charge in [-0.2, -0.15) is 0 Å². The summed E-state index contributed by atoms with van der Waals surface area (Å²) in [7, 11) is 0. The molecule has 3 aliphatic rings. The zero-order chi connectivity index (χ0) is 19.5. The van der Waals surface area contributed by atoms with Crippen molar-refractivity contribution in [2.75, 3.05) is 32.8 Å². The molecule has 1 saturated heterocycles. The molecule has 3 heterocycles. The van der Waals surface area contributed by atoms with Crippen molar-refractivity contribution in [3.8, 4) is 5.75 Å². The molecular formula is C25H27N3O. The fraction of sp³-hybridized carbons (Fsp3) is 0.360. The summed E-state index contributed by atoms with van der Waals surface area (Å²) >= 11 is 0. The maximum absolute atomic E-state index is 6.08. The zero-order valence-electron chi connectivity index (χ0n) is 16.8. The molecule has 29 heavy (non-hydrogen) atoms. The highest BCUT2D eigenvalue weighted by Crippen LogP contribution is 2.28. The van der Waals surface area contributed by atoms with Crippen molar-refractivity contribution in [2.45, 2.75) is 25.8 Å². The number of rotatable bonds is 6. The maximum Gasteiger partial charge on any atom is 0.120 e. The van der Waals surface area contributed by atoms with E-state index in [1.54, 1.807) is 0 Å². The third-order valence-electron chi connectivity index (χ3n) is 6.02. The van der Waals surface area contributed by atoms with Gasteiger partial charge in [0.05, 0.1) is 18.8 Å². The molecular weight excluding hydrogens is 358 g/mol. The van der Waals surface area contributed by atoms with Gasteiger partial charge in [-0.05, 0) is 66.9 Å². The summed E-state index contributed by atoms with van der Waals surface area (Å²) in [6, 6.07) is 15.1. The van der Waals surface area contributed by atoms with Crippen molar-refractivity contribution < 1.29 is 4.74 Å². The topological polar surface area (TPSA) is 37.2 Å². The second-order valence-electron chi connectivity index (χ2n) is 8.00. The van der Waals surface area contributed by atoms with E-state index in [0.717, 1.165) is 43.3 Å². The molecule has 2 aromatic carbocycles. The van der Waals surface area contributed by atoms with Crippen LogP contribution in [0.3, 0.4) is 0 Å². The largest absolute Gasteiger partial charge is 0.492 e. The van der Waals surface area contributed by atoms with Gasteiger partial charge in [-0.3, -0.25) is 14.9 Å².